The molecule has 1 aliphatic rings. The van der Waals surface area contributed by atoms with E-state index in [-0.39, 0.29) is 0 Å². The molecule has 33 heavy (non-hydrogen) atoms. The molecule has 0 radical (unpaired) electrons. The van der Waals surface area contributed by atoms with Crippen LogP contribution in [0.1, 0.15) is 43.9 Å². The normalized spacial score (nSPS) is 15.1. The number of carbonyl (C=O) groups excluding carboxylic acids is 1. The summed E-state index contributed by atoms with van der Waals surface area (Å²) >= 11 is 12.2. The van der Waals surface area contributed by atoms with Gasteiger partial charge >= 0.3 is 5.97 Å². The van der Waals surface area contributed by atoms with Gasteiger partial charge in [0.05, 0.1) is 12.2 Å². The molecule has 1 unspecified atom stereocenters. The molecule has 4 rings (SSSR count). The molecule has 0 fully saturated rings. The van der Waals surface area contributed by atoms with E-state index in [4.69, 9.17) is 32.7 Å². The number of allylic oxidation sites excluding steroid dienone is 1. The number of hydrogen-bond donors (Lipinski definition) is 1. The van der Waals surface area contributed by atoms with Gasteiger partial charge in [0.2, 0.25) is 5.95 Å². The van der Waals surface area contributed by atoms with E-state index >= 15 is 0 Å². The number of carbonyl (C=O) groups is 1. The number of esters is 1. The largest absolute Gasteiger partial charge is 0.489 e. The molecule has 1 N–H and O–H groups in total. The first kappa shape index (κ1) is 23.1. The van der Waals surface area contributed by atoms with Gasteiger partial charge in [0.1, 0.15) is 18.4 Å². The molecule has 10 heteroatoms. The van der Waals surface area contributed by atoms with E-state index in [1.807, 2.05) is 44.2 Å². The van der Waals surface area contributed by atoms with E-state index < -0.39 is 12.0 Å². The average Bonchev–Trinajstić information content (AvgIpc) is 3.26. The summed E-state index contributed by atoms with van der Waals surface area (Å²) in [5.41, 5.74) is 2.77. The maximum atomic E-state index is 12.9. The summed E-state index contributed by atoms with van der Waals surface area (Å²) in [6, 6.07) is 12.2. The van der Waals surface area contributed by atoms with Crippen LogP contribution in [0, 0.1) is 0 Å². The summed E-state index contributed by atoms with van der Waals surface area (Å²) in [5, 5.41) is 16.0. The Hall–Kier alpha value is -3.10. The second-order valence-electron chi connectivity index (χ2n) is 7.60. The lowest BCUT2D eigenvalue weighted by Crippen LogP contribution is -2.29. The van der Waals surface area contributed by atoms with Crippen LogP contribution in [-0.4, -0.2) is 32.8 Å². The molecule has 1 atom stereocenters. The maximum Gasteiger partial charge on any atom is 0.338 e. The first-order valence-electron chi connectivity index (χ1n) is 10.6. The van der Waals surface area contributed by atoms with Gasteiger partial charge in [-0.05, 0) is 53.6 Å². The molecule has 0 saturated heterocycles. The zero-order chi connectivity index (χ0) is 23.4. The summed E-state index contributed by atoms with van der Waals surface area (Å²) in [5.74, 6) is 0.723. The number of fused-ring (bicyclic) bond motifs is 1. The SMILES string of the molecule is CCCCOC(=O)C1=C(C)Nc2nnnn2C1c1ccc(OCc2ccc(Cl)cc2Cl)cc1. The zero-order valence-corrected chi connectivity index (χ0v) is 19.7. The van der Waals surface area contributed by atoms with Crippen LogP contribution in [0.4, 0.5) is 5.95 Å². The molecule has 0 amide bonds. The average molecular weight is 488 g/mol. The lowest BCUT2D eigenvalue weighted by Gasteiger charge is -2.27. The van der Waals surface area contributed by atoms with Gasteiger partial charge in [-0.2, -0.15) is 4.68 Å². The van der Waals surface area contributed by atoms with Gasteiger partial charge in [-0.25, -0.2) is 4.79 Å². The third-order valence-corrected chi connectivity index (χ3v) is 5.86. The highest BCUT2D eigenvalue weighted by molar-refractivity contribution is 6.35. The van der Waals surface area contributed by atoms with Crippen molar-refractivity contribution < 1.29 is 14.3 Å². The molecule has 1 aliphatic heterocycles. The van der Waals surface area contributed by atoms with Gasteiger partial charge in [-0.1, -0.05) is 59.8 Å². The van der Waals surface area contributed by atoms with Crippen molar-refractivity contribution in [1.82, 2.24) is 20.2 Å². The second-order valence-corrected chi connectivity index (χ2v) is 8.44. The van der Waals surface area contributed by atoms with E-state index in [0.29, 0.717) is 46.2 Å². The lowest BCUT2D eigenvalue weighted by molar-refractivity contribution is -0.139. The summed E-state index contributed by atoms with van der Waals surface area (Å²) in [6.45, 7) is 4.52. The lowest BCUT2D eigenvalue weighted by atomic mass is 9.96. The summed E-state index contributed by atoms with van der Waals surface area (Å²) in [4.78, 5) is 12.9. The van der Waals surface area contributed by atoms with E-state index in [9.17, 15) is 4.79 Å². The molecule has 0 aliphatic carbocycles. The van der Waals surface area contributed by atoms with Crippen LogP contribution in [0.3, 0.4) is 0 Å². The van der Waals surface area contributed by atoms with Gasteiger partial charge in [0.15, 0.2) is 0 Å². The minimum Gasteiger partial charge on any atom is -0.489 e. The predicted molar refractivity (Wildman–Crippen MR) is 125 cm³/mol. The molecule has 0 spiro atoms. The van der Waals surface area contributed by atoms with Crippen LogP contribution < -0.4 is 10.1 Å². The zero-order valence-electron chi connectivity index (χ0n) is 18.2. The molecule has 3 aromatic rings. The van der Waals surface area contributed by atoms with Gasteiger partial charge in [0, 0.05) is 21.3 Å². The van der Waals surface area contributed by atoms with Gasteiger partial charge < -0.3 is 14.8 Å². The number of tetrazole rings is 1. The summed E-state index contributed by atoms with van der Waals surface area (Å²) in [7, 11) is 0. The van der Waals surface area contributed by atoms with E-state index in [1.54, 1.807) is 16.8 Å². The number of ether oxygens (including phenoxy) is 2. The number of nitrogens with one attached hydrogen (secondary N) is 1. The maximum absolute atomic E-state index is 12.9. The molecule has 0 saturated carbocycles. The first-order valence-corrected chi connectivity index (χ1v) is 11.3. The van der Waals surface area contributed by atoms with Crippen LogP contribution >= 0.6 is 23.2 Å². The Morgan fingerprint density at radius 2 is 1.97 bits per heavy atom. The predicted octanol–water partition coefficient (Wildman–Crippen LogP) is 5.19. The number of anilines is 1. The van der Waals surface area contributed by atoms with Crippen LogP contribution in [0.15, 0.2) is 53.7 Å². The highest BCUT2D eigenvalue weighted by atomic mass is 35.5. The van der Waals surface area contributed by atoms with E-state index in [2.05, 4.69) is 20.8 Å². The van der Waals surface area contributed by atoms with Gasteiger partial charge in [-0.3, -0.25) is 0 Å². The van der Waals surface area contributed by atoms with Gasteiger partial charge in [-0.15, -0.1) is 0 Å². The summed E-state index contributed by atoms with van der Waals surface area (Å²) < 4.78 is 13.0. The van der Waals surface area contributed by atoms with Crippen molar-refractivity contribution in [3.63, 3.8) is 0 Å². The van der Waals surface area contributed by atoms with Crippen molar-refractivity contribution in [2.45, 2.75) is 39.3 Å². The number of aromatic nitrogens is 4. The van der Waals surface area contributed by atoms with Crippen molar-refractivity contribution in [1.29, 1.82) is 0 Å². The van der Waals surface area contributed by atoms with Crippen molar-refractivity contribution in [3.05, 3.63) is 74.9 Å². The second kappa shape index (κ2) is 10.2. The topological polar surface area (TPSA) is 91.2 Å². The number of unbranched alkanes of at least 4 members (excludes halogenated alkanes) is 1. The Kier molecular flexibility index (Phi) is 7.15. The number of rotatable bonds is 8. The molecular formula is C23H23Cl2N5O3. The Balaban J connectivity index is 1.56. The highest BCUT2D eigenvalue weighted by Gasteiger charge is 2.34. The third-order valence-electron chi connectivity index (χ3n) is 5.27. The minimum absolute atomic E-state index is 0.299. The smallest absolute Gasteiger partial charge is 0.338 e. The number of halogens is 2. The number of nitrogens with zero attached hydrogens (tertiary/aromatic N) is 4. The summed E-state index contributed by atoms with van der Waals surface area (Å²) in [6.07, 6.45) is 1.74. The molecular weight excluding hydrogens is 465 g/mol. The van der Waals surface area contributed by atoms with Crippen molar-refractivity contribution in [2.24, 2.45) is 0 Å². The first-order chi connectivity index (χ1) is 16.0. The number of hydrogen-bond acceptors (Lipinski definition) is 7. The van der Waals surface area contributed by atoms with Crippen molar-refractivity contribution in [3.8, 4) is 5.75 Å². The van der Waals surface area contributed by atoms with Crippen LogP contribution in [-0.2, 0) is 16.1 Å². The Morgan fingerprint density at radius 1 is 1.18 bits per heavy atom. The molecule has 0 bridgehead atoms. The van der Waals surface area contributed by atoms with Crippen LogP contribution in [0.25, 0.3) is 0 Å². The quantitative estimate of drug-likeness (QED) is 0.345. The number of benzene rings is 2. The highest BCUT2D eigenvalue weighted by Crippen LogP contribution is 2.35. The Labute approximate surface area is 201 Å². The van der Waals surface area contributed by atoms with E-state index in [0.717, 1.165) is 24.0 Å². The fourth-order valence-corrected chi connectivity index (χ4v) is 3.98. The van der Waals surface area contributed by atoms with Crippen LogP contribution in [0.2, 0.25) is 10.0 Å². The monoisotopic (exact) mass is 487 g/mol. The Bertz CT molecular complexity index is 1180. The van der Waals surface area contributed by atoms with Crippen LogP contribution in [0.5, 0.6) is 5.75 Å². The fourth-order valence-electron chi connectivity index (χ4n) is 3.52. The standard InChI is InChI=1S/C23H23Cl2N5O3/c1-3-4-11-32-22(31)20-14(2)26-23-27-28-29-30(23)21(20)15-6-9-18(10-7-15)33-13-16-5-8-17(24)12-19(16)25/h5-10,12,21H,3-4,11,13H2,1-2H3,(H,26,27,29). The Morgan fingerprint density at radius 3 is 2.70 bits per heavy atom. The van der Waals surface area contributed by atoms with Crippen molar-refractivity contribution in [2.75, 3.05) is 11.9 Å². The third kappa shape index (κ3) is 5.12. The van der Waals surface area contributed by atoms with Gasteiger partial charge in [0.25, 0.3) is 0 Å². The molecule has 2 aromatic carbocycles. The minimum atomic E-state index is -0.523. The van der Waals surface area contributed by atoms with E-state index in [1.165, 1.54) is 0 Å². The van der Waals surface area contributed by atoms with Crippen molar-refractivity contribution >= 4 is 35.1 Å². The molecule has 2 heterocycles. The molecule has 1 aromatic heterocycles. The molecule has 172 valence electrons. The molecule has 8 nitrogen and oxygen atoms in total. The fraction of sp³-hybridized carbons (Fsp3) is 0.304.